The predicted octanol–water partition coefficient (Wildman–Crippen LogP) is 6.01. The summed E-state index contributed by atoms with van der Waals surface area (Å²) in [5, 5.41) is 0. The summed E-state index contributed by atoms with van der Waals surface area (Å²) in [5.41, 5.74) is 1.81. The molecule has 0 heterocycles. The van der Waals surface area contributed by atoms with Gasteiger partial charge in [-0.3, -0.25) is 0 Å². The molecule has 0 saturated carbocycles. The first kappa shape index (κ1) is 19.0. The molecule has 0 spiro atoms. The maximum absolute atomic E-state index is 5.80. The van der Waals surface area contributed by atoms with Crippen LogP contribution in [0.2, 0.25) is 0 Å². The molecule has 0 bridgehead atoms. The van der Waals surface area contributed by atoms with Crippen molar-refractivity contribution in [2.24, 2.45) is 10.8 Å². The summed E-state index contributed by atoms with van der Waals surface area (Å²) in [6.45, 7) is 18.7. The largest absolute Gasteiger partial charge is 0.465 e. The van der Waals surface area contributed by atoms with Crippen LogP contribution in [0.25, 0.3) is 0 Å². The summed E-state index contributed by atoms with van der Waals surface area (Å²) >= 11 is 0. The van der Waals surface area contributed by atoms with Gasteiger partial charge in [0, 0.05) is 0 Å². The Labute approximate surface area is 137 Å². The van der Waals surface area contributed by atoms with Gasteiger partial charge in [-0.05, 0) is 47.8 Å². The molecule has 1 aromatic carbocycles. The van der Waals surface area contributed by atoms with Crippen molar-refractivity contribution in [3.8, 4) is 5.75 Å². The van der Waals surface area contributed by atoms with Crippen LogP contribution >= 0.6 is 0 Å². The minimum absolute atomic E-state index is 0.202. The average molecular weight is 306 g/mol. The zero-order chi connectivity index (χ0) is 17.0. The molecule has 0 aliphatic carbocycles. The minimum atomic E-state index is -0.202. The molecule has 126 valence electrons. The van der Waals surface area contributed by atoms with Crippen molar-refractivity contribution < 1.29 is 9.47 Å². The number of hydrogen-bond donors (Lipinski definition) is 0. The maximum Gasteiger partial charge on any atom is 0.196 e. The van der Waals surface area contributed by atoms with Crippen LogP contribution in [0.5, 0.6) is 5.75 Å². The van der Waals surface area contributed by atoms with Crippen molar-refractivity contribution in [1.82, 2.24) is 0 Å². The Morgan fingerprint density at radius 3 is 1.82 bits per heavy atom. The van der Waals surface area contributed by atoms with E-state index in [1.54, 1.807) is 0 Å². The van der Waals surface area contributed by atoms with Crippen molar-refractivity contribution >= 4 is 0 Å². The first-order valence-electron chi connectivity index (χ1n) is 8.44. The van der Waals surface area contributed by atoms with E-state index in [1.807, 2.05) is 6.92 Å². The van der Waals surface area contributed by atoms with E-state index in [1.165, 1.54) is 5.56 Å². The zero-order valence-electron chi connectivity index (χ0n) is 15.7. The van der Waals surface area contributed by atoms with Gasteiger partial charge in [-0.1, -0.05) is 60.6 Å². The van der Waals surface area contributed by atoms with Gasteiger partial charge in [0.1, 0.15) is 5.75 Å². The summed E-state index contributed by atoms with van der Waals surface area (Å²) in [5.74, 6) is 1.36. The van der Waals surface area contributed by atoms with Gasteiger partial charge in [-0.2, -0.15) is 0 Å². The van der Waals surface area contributed by atoms with E-state index in [0.29, 0.717) is 5.92 Å². The van der Waals surface area contributed by atoms with Crippen LogP contribution in [-0.2, 0) is 4.74 Å². The maximum atomic E-state index is 5.80. The second-order valence-corrected chi connectivity index (χ2v) is 8.29. The van der Waals surface area contributed by atoms with Gasteiger partial charge in [0.15, 0.2) is 6.29 Å². The quantitative estimate of drug-likeness (QED) is 0.599. The molecule has 0 N–H and O–H groups in total. The molecule has 2 heteroatoms. The molecule has 22 heavy (non-hydrogen) atoms. The molecule has 0 aliphatic rings. The molecule has 0 aliphatic heterocycles. The highest BCUT2D eigenvalue weighted by Gasteiger charge is 2.35. The Bertz CT molecular complexity index is 420. The molecular formula is C20H34O2. The Morgan fingerprint density at radius 1 is 0.909 bits per heavy atom. The molecule has 1 aromatic rings. The first-order chi connectivity index (χ1) is 10.1. The minimum Gasteiger partial charge on any atom is -0.465 e. The highest BCUT2D eigenvalue weighted by molar-refractivity contribution is 5.31. The molecule has 0 fully saturated rings. The Balaban J connectivity index is 2.86. The second kappa shape index (κ2) is 7.50. The molecular weight excluding hydrogens is 272 g/mol. The van der Waals surface area contributed by atoms with Crippen LogP contribution in [0.1, 0.15) is 73.3 Å². The third kappa shape index (κ3) is 5.64. The number of hydrogen-bond acceptors (Lipinski definition) is 2. The normalized spacial score (nSPS) is 14.2. The lowest BCUT2D eigenvalue weighted by Gasteiger charge is -2.41. The summed E-state index contributed by atoms with van der Waals surface area (Å²) in [4.78, 5) is 0. The summed E-state index contributed by atoms with van der Waals surface area (Å²) in [6.07, 6.45) is 0.803. The molecule has 0 amide bonds. The fraction of sp³-hybridized carbons (Fsp3) is 0.700. The van der Waals surface area contributed by atoms with E-state index in [4.69, 9.17) is 9.47 Å². The van der Waals surface area contributed by atoms with Gasteiger partial charge in [0.05, 0.1) is 6.61 Å². The van der Waals surface area contributed by atoms with E-state index < -0.39 is 0 Å². The Morgan fingerprint density at radius 2 is 1.41 bits per heavy atom. The van der Waals surface area contributed by atoms with Crippen molar-refractivity contribution in [1.29, 1.82) is 0 Å². The Hall–Kier alpha value is -1.02. The van der Waals surface area contributed by atoms with Crippen molar-refractivity contribution in [3.05, 3.63) is 29.8 Å². The van der Waals surface area contributed by atoms with Crippen LogP contribution in [0.3, 0.4) is 0 Å². The fourth-order valence-corrected chi connectivity index (χ4v) is 3.55. The monoisotopic (exact) mass is 306 g/mol. The number of ether oxygens (including phenoxy) is 2. The van der Waals surface area contributed by atoms with Crippen LogP contribution < -0.4 is 4.74 Å². The van der Waals surface area contributed by atoms with Gasteiger partial charge in [0.2, 0.25) is 0 Å². The van der Waals surface area contributed by atoms with Crippen molar-refractivity contribution in [2.75, 3.05) is 6.61 Å². The summed E-state index contributed by atoms with van der Waals surface area (Å²) in [7, 11) is 0. The fourth-order valence-electron chi connectivity index (χ4n) is 3.55. The molecule has 0 aromatic heterocycles. The summed E-state index contributed by atoms with van der Waals surface area (Å²) < 4.78 is 11.4. The van der Waals surface area contributed by atoms with Crippen LogP contribution in [0.4, 0.5) is 0 Å². The Kier molecular flexibility index (Phi) is 6.49. The summed E-state index contributed by atoms with van der Waals surface area (Å²) in [6, 6.07) is 8.52. The molecule has 1 rings (SSSR count). The molecule has 2 nitrogen and oxygen atoms in total. The van der Waals surface area contributed by atoms with Gasteiger partial charge in [-0.15, -0.1) is 0 Å². The van der Waals surface area contributed by atoms with Gasteiger partial charge in [-0.25, -0.2) is 0 Å². The third-order valence-electron chi connectivity index (χ3n) is 3.80. The van der Waals surface area contributed by atoms with E-state index in [0.717, 1.165) is 18.8 Å². The van der Waals surface area contributed by atoms with E-state index in [9.17, 15) is 0 Å². The van der Waals surface area contributed by atoms with Crippen LogP contribution in [-0.4, -0.2) is 12.9 Å². The van der Waals surface area contributed by atoms with Crippen LogP contribution in [0, 0.1) is 10.8 Å². The van der Waals surface area contributed by atoms with Gasteiger partial charge in [0.25, 0.3) is 0 Å². The van der Waals surface area contributed by atoms with Gasteiger partial charge < -0.3 is 9.47 Å². The first-order valence-corrected chi connectivity index (χ1v) is 8.44. The van der Waals surface area contributed by atoms with Crippen LogP contribution in [0.15, 0.2) is 24.3 Å². The average Bonchev–Trinajstić information content (AvgIpc) is 2.35. The SMILES string of the molecule is CCCOC(C)Oc1ccc(C(C(C)(C)C)C(C)(C)C)cc1. The lowest BCUT2D eigenvalue weighted by molar-refractivity contribution is -0.0663. The molecule has 1 atom stereocenters. The topological polar surface area (TPSA) is 18.5 Å². The molecule has 1 unspecified atom stereocenters. The lowest BCUT2D eigenvalue weighted by Crippen LogP contribution is -2.30. The number of rotatable bonds is 6. The lowest BCUT2D eigenvalue weighted by atomic mass is 9.64. The smallest absolute Gasteiger partial charge is 0.196 e. The van der Waals surface area contributed by atoms with Crippen molar-refractivity contribution in [3.63, 3.8) is 0 Å². The van der Waals surface area contributed by atoms with E-state index in [2.05, 4.69) is 72.7 Å². The highest BCUT2D eigenvalue weighted by Crippen LogP contribution is 2.47. The predicted molar refractivity (Wildman–Crippen MR) is 94.4 cm³/mol. The third-order valence-corrected chi connectivity index (χ3v) is 3.80. The van der Waals surface area contributed by atoms with Crippen molar-refractivity contribution in [2.45, 2.75) is 74.0 Å². The molecule has 0 saturated heterocycles. The highest BCUT2D eigenvalue weighted by atomic mass is 16.7. The number of benzene rings is 1. The molecule has 0 radical (unpaired) electrons. The van der Waals surface area contributed by atoms with E-state index >= 15 is 0 Å². The second-order valence-electron chi connectivity index (χ2n) is 8.29. The van der Waals surface area contributed by atoms with E-state index in [-0.39, 0.29) is 17.1 Å². The zero-order valence-corrected chi connectivity index (χ0v) is 15.7. The van der Waals surface area contributed by atoms with Gasteiger partial charge >= 0.3 is 0 Å². The standard InChI is InChI=1S/C20H34O2/c1-9-14-21-15(2)22-17-12-10-16(11-13-17)18(19(3,4)5)20(6,7)8/h10-13,15,18H,9,14H2,1-8H3.